The molecule has 2 atom stereocenters. The summed E-state index contributed by atoms with van der Waals surface area (Å²) in [7, 11) is 6.46. The number of alkyl carbamates (subject to hydrolysis) is 2. The highest BCUT2D eigenvalue weighted by molar-refractivity contribution is 8.93. The molecule has 2 saturated heterocycles. The highest BCUT2D eigenvalue weighted by Crippen LogP contribution is 2.51. The summed E-state index contributed by atoms with van der Waals surface area (Å²) in [5.74, 6) is -2.54. The summed E-state index contributed by atoms with van der Waals surface area (Å²) in [6.07, 6.45) is 3.10. The third-order valence-electron chi connectivity index (χ3n) is 8.93. The Morgan fingerprint density at radius 3 is 1.24 bits per heavy atom. The SMILES string of the molecule is CC(C)(C)OC(=O)NCCCN(CCCNC(=O)OC(C)(C)C)C(=O)CCCC(=O)N(CC(=O)NCCCC[C@H](NC1SS1)C(N)=O)CC(=O)NCCCC[C@H](NC1SS1)C(N)=O. The predicted molar refractivity (Wildman–Crippen MR) is 249 cm³/mol. The standard InChI is InChI=1S/C39H70N10O10S4/c1-38(2,3)58-34(56)44-20-12-22-48(23-13-21-45-35(57)59-39(4,5)6)30(52)16-11-17-31(53)49(24-28(50)42-18-9-7-14-26(32(40)54)46-36-60-61-36)25-29(51)43-19-10-8-15-27(33(41)55)47-37-62-63-37/h26-27,36-37,46-47H,7-25H2,1-6H3,(H2,40,54)(H2,41,55)(H,42,50)(H,43,51)(H,44,56)(H,45,57)/t26-,27-/m0/s1. The molecule has 0 aliphatic carbocycles. The minimum absolute atomic E-state index is 0.00445. The van der Waals surface area contributed by atoms with Crippen LogP contribution in [0.1, 0.15) is 112 Å². The zero-order chi connectivity index (χ0) is 47.0. The van der Waals surface area contributed by atoms with Crippen LogP contribution < -0.4 is 43.4 Å². The number of hydrogen-bond acceptors (Lipinski definition) is 16. The first-order valence-electron chi connectivity index (χ1n) is 21.4. The highest BCUT2D eigenvalue weighted by atomic mass is 33.2. The van der Waals surface area contributed by atoms with Crippen LogP contribution in [0.25, 0.3) is 0 Å². The number of hydrogen-bond donors (Lipinski definition) is 8. The zero-order valence-corrected chi connectivity index (χ0v) is 40.8. The van der Waals surface area contributed by atoms with Gasteiger partial charge in [0, 0.05) is 52.1 Å². The number of carbonyl (C=O) groups excluding carboxylic acids is 8. The van der Waals surface area contributed by atoms with Gasteiger partial charge >= 0.3 is 12.2 Å². The molecule has 0 radical (unpaired) electrons. The van der Waals surface area contributed by atoms with Crippen LogP contribution in [0.4, 0.5) is 9.59 Å². The Hall–Kier alpha value is -3.32. The maximum Gasteiger partial charge on any atom is 0.407 e. The van der Waals surface area contributed by atoms with Crippen molar-refractivity contribution in [2.45, 2.75) is 145 Å². The average Bonchev–Trinajstić information content (AvgIpc) is 4.11. The maximum absolute atomic E-state index is 13.6. The van der Waals surface area contributed by atoms with Crippen molar-refractivity contribution in [2.75, 3.05) is 52.4 Å². The van der Waals surface area contributed by atoms with Crippen molar-refractivity contribution in [2.24, 2.45) is 11.5 Å². The molecule has 0 bridgehead atoms. The van der Waals surface area contributed by atoms with Gasteiger partial charge in [0.1, 0.15) is 33.7 Å². The largest absolute Gasteiger partial charge is 0.444 e. The van der Waals surface area contributed by atoms with E-state index in [1.165, 1.54) is 0 Å². The molecule has 2 aliphatic heterocycles. The molecule has 0 aromatic carbocycles. The van der Waals surface area contributed by atoms with Crippen molar-refractivity contribution in [3.8, 4) is 0 Å². The van der Waals surface area contributed by atoms with Crippen molar-refractivity contribution in [1.82, 2.24) is 41.7 Å². The third-order valence-corrected chi connectivity index (χ3v) is 12.6. The number of carbonyl (C=O) groups is 8. The van der Waals surface area contributed by atoms with Crippen LogP contribution >= 0.6 is 43.2 Å². The molecule has 0 aromatic rings. The van der Waals surface area contributed by atoms with Gasteiger partial charge in [-0.1, -0.05) is 43.2 Å². The monoisotopic (exact) mass is 966 g/mol. The van der Waals surface area contributed by atoms with Crippen LogP contribution in [-0.2, 0) is 38.2 Å². The molecular weight excluding hydrogens is 897 g/mol. The number of rotatable bonds is 32. The fraction of sp³-hybridized carbons (Fsp3) is 0.795. The lowest BCUT2D eigenvalue weighted by Gasteiger charge is -2.25. The van der Waals surface area contributed by atoms with Gasteiger partial charge in [-0.05, 0) is 99.3 Å². The quantitative estimate of drug-likeness (QED) is 0.0273. The molecule has 360 valence electrons. The van der Waals surface area contributed by atoms with Crippen molar-refractivity contribution < 1.29 is 47.8 Å². The minimum Gasteiger partial charge on any atom is -0.444 e. The van der Waals surface area contributed by atoms with Crippen LogP contribution in [0.2, 0.25) is 0 Å². The summed E-state index contributed by atoms with van der Waals surface area (Å²) in [6.45, 7) is 11.4. The molecule has 0 saturated carbocycles. The molecule has 20 nitrogen and oxygen atoms in total. The summed E-state index contributed by atoms with van der Waals surface area (Å²) < 4.78 is 10.9. The van der Waals surface area contributed by atoms with Crippen LogP contribution in [0.15, 0.2) is 0 Å². The number of ether oxygens (including phenoxy) is 2. The van der Waals surface area contributed by atoms with E-state index in [-0.39, 0.29) is 86.9 Å². The van der Waals surface area contributed by atoms with Crippen molar-refractivity contribution in [3.63, 3.8) is 0 Å². The molecule has 24 heteroatoms. The molecule has 2 rings (SSSR count). The fourth-order valence-electron chi connectivity index (χ4n) is 5.82. The summed E-state index contributed by atoms with van der Waals surface area (Å²) in [5.41, 5.74) is 9.70. The number of amides is 8. The van der Waals surface area contributed by atoms with E-state index in [0.717, 1.165) is 4.90 Å². The molecule has 2 aliphatic rings. The lowest BCUT2D eigenvalue weighted by molar-refractivity contribution is -0.139. The summed E-state index contributed by atoms with van der Waals surface area (Å²) >= 11 is 0. The Morgan fingerprint density at radius 1 is 0.524 bits per heavy atom. The van der Waals surface area contributed by atoms with Gasteiger partial charge in [0.25, 0.3) is 0 Å². The molecule has 0 spiro atoms. The van der Waals surface area contributed by atoms with Crippen LogP contribution in [0.5, 0.6) is 0 Å². The molecule has 0 unspecified atom stereocenters. The predicted octanol–water partition coefficient (Wildman–Crippen LogP) is 2.46. The number of primary amides is 2. The minimum atomic E-state index is -0.665. The average molecular weight is 967 g/mol. The van der Waals surface area contributed by atoms with E-state index < -0.39 is 65.0 Å². The summed E-state index contributed by atoms with van der Waals surface area (Å²) in [4.78, 5) is 104. The second-order valence-electron chi connectivity index (χ2n) is 17.0. The van der Waals surface area contributed by atoms with E-state index >= 15 is 0 Å². The number of nitrogens with zero attached hydrogens (tertiary/aromatic N) is 2. The van der Waals surface area contributed by atoms with Gasteiger partial charge in [0.2, 0.25) is 35.4 Å². The molecule has 2 fully saturated rings. The van der Waals surface area contributed by atoms with Crippen molar-refractivity contribution >= 4 is 90.8 Å². The molecule has 10 N–H and O–H groups in total. The van der Waals surface area contributed by atoms with E-state index in [2.05, 4.69) is 31.9 Å². The van der Waals surface area contributed by atoms with E-state index in [9.17, 15) is 38.4 Å². The second-order valence-corrected chi connectivity index (χ2v) is 22.6. The van der Waals surface area contributed by atoms with Crippen LogP contribution in [-0.4, -0.2) is 142 Å². The first-order chi connectivity index (χ1) is 29.6. The Kier molecular flexibility index (Phi) is 25.9. The fourth-order valence-corrected chi connectivity index (χ4v) is 7.81. The topological polar surface area (TPSA) is 286 Å². The smallest absolute Gasteiger partial charge is 0.407 e. The van der Waals surface area contributed by atoms with E-state index in [4.69, 9.17) is 20.9 Å². The Bertz CT molecular complexity index is 1420. The Morgan fingerprint density at radius 2 is 0.889 bits per heavy atom. The molecule has 2 heterocycles. The second kappa shape index (κ2) is 29.3. The third kappa shape index (κ3) is 29.0. The van der Waals surface area contributed by atoms with Crippen molar-refractivity contribution in [1.29, 1.82) is 0 Å². The van der Waals surface area contributed by atoms with Gasteiger partial charge in [0.15, 0.2) is 0 Å². The van der Waals surface area contributed by atoms with E-state index in [0.29, 0.717) is 51.4 Å². The zero-order valence-electron chi connectivity index (χ0n) is 37.5. The Balaban J connectivity index is 1.96. The van der Waals surface area contributed by atoms with Gasteiger partial charge < -0.3 is 52.0 Å². The van der Waals surface area contributed by atoms with Gasteiger partial charge in [-0.25, -0.2) is 9.59 Å². The number of nitrogens with one attached hydrogen (secondary N) is 6. The number of nitrogens with two attached hydrogens (primary N) is 2. The normalized spacial score (nSPS) is 14.7. The summed E-state index contributed by atoms with van der Waals surface area (Å²) in [6, 6.07) is -0.938. The highest BCUT2D eigenvalue weighted by Gasteiger charge is 2.30. The molecule has 63 heavy (non-hydrogen) atoms. The van der Waals surface area contributed by atoms with Gasteiger partial charge in [0.05, 0.1) is 12.1 Å². The molecule has 8 amide bonds. The first-order valence-corrected chi connectivity index (χ1v) is 25.9. The Labute approximate surface area is 387 Å². The van der Waals surface area contributed by atoms with Crippen LogP contribution in [0.3, 0.4) is 0 Å². The number of unbranched alkanes of at least 4 members (excludes halogenated alkanes) is 2. The van der Waals surface area contributed by atoms with Gasteiger partial charge in [-0.15, -0.1) is 0 Å². The van der Waals surface area contributed by atoms with E-state index in [1.54, 1.807) is 89.6 Å². The van der Waals surface area contributed by atoms with Crippen LogP contribution in [0, 0.1) is 0 Å². The molecular formula is C39H70N10O10S4. The van der Waals surface area contributed by atoms with Gasteiger partial charge in [-0.2, -0.15) is 0 Å². The summed E-state index contributed by atoms with van der Waals surface area (Å²) in [5, 5.41) is 17.2. The van der Waals surface area contributed by atoms with Gasteiger partial charge in [-0.3, -0.25) is 39.4 Å². The lowest BCUT2D eigenvalue weighted by atomic mass is 10.1. The lowest BCUT2D eigenvalue weighted by Crippen LogP contribution is -2.46. The van der Waals surface area contributed by atoms with Crippen molar-refractivity contribution in [3.05, 3.63) is 0 Å². The maximum atomic E-state index is 13.6. The van der Waals surface area contributed by atoms with E-state index in [1.807, 2.05) is 0 Å². The molecule has 0 aromatic heterocycles. The first kappa shape index (κ1) is 55.8.